The summed E-state index contributed by atoms with van der Waals surface area (Å²) in [5.41, 5.74) is 0.678. The predicted molar refractivity (Wildman–Crippen MR) is 74.3 cm³/mol. The van der Waals surface area contributed by atoms with Crippen molar-refractivity contribution in [2.75, 3.05) is 20.1 Å². The molecular weight excluding hydrogens is 208 g/mol. The van der Waals surface area contributed by atoms with Crippen molar-refractivity contribution in [2.24, 2.45) is 5.41 Å². The van der Waals surface area contributed by atoms with E-state index < -0.39 is 0 Å². The monoisotopic (exact) mass is 238 g/mol. The third kappa shape index (κ3) is 2.85. The van der Waals surface area contributed by atoms with E-state index in [1.807, 2.05) is 0 Å². The minimum Gasteiger partial charge on any atom is -0.317 e. The fraction of sp³-hybridized carbons (Fsp3) is 1.00. The first kappa shape index (κ1) is 13.4. The van der Waals surface area contributed by atoms with Crippen LogP contribution in [-0.2, 0) is 0 Å². The Labute approximate surface area is 107 Å². The van der Waals surface area contributed by atoms with Crippen molar-refractivity contribution >= 4 is 0 Å². The molecule has 2 aliphatic rings. The second-order valence-electron chi connectivity index (χ2n) is 6.20. The summed E-state index contributed by atoms with van der Waals surface area (Å²) in [4.78, 5) is 2.78. The van der Waals surface area contributed by atoms with E-state index in [9.17, 15) is 0 Å². The second kappa shape index (κ2) is 5.71. The lowest BCUT2D eigenvalue weighted by molar-refractivity contribution is 0.0671. The summed E-state index contributed by atoms with van der Waals surface area (Å²) in [5, 5.41) is 3.44. The molecule has 0 aromatic carbocycles. The summed E-state index contributed by atoms with van der Waals surface area (Å²) in [6.07, 6.45) is 9.78. The molecule has 0 radical (unpaired) electrons. The van der Waals surface area contributed by atoms with E-state index in [4.69, 9.17) is 0 Å². The maximum absolute atomic E-state index is 3.44. The lowest BCUT2D eigenvalue weighted by Crippen LogP contribution is -2.44. The Kier molecular flexibility index (Phi) is 4.48. The number of nitrogens with zero attached hydrogens (tertiary/aromatic N) is 1. The second-order valence-corrected chi connectivity index (χ2v) is 6.20. The highest BCUT2D eigenvalue weighted by Crippen LogP contribution is 2.39. The average Bonchev–Trinajstić information content (AvgIpc) is 2.87. The summed E-state index contributed by atoms with van der Waals surface area (Å²) in [7, 11) is 2.11. The van der Waals surface area contributed by atoms with Crippen LogP contribution in [0.4, 0.5) is 0 Å². The highest BCUT2D eigenvalue weighted by Gasteiger charge is 2.35. The fourth-order valence-corrected chi connectivity index (χ4v) is 3.87. The zero-order valence-electron chi connectivity index (χ0n) is 12.0. The van der Waals surface area contributed by atoms with Crippen molar-refractivity contribution in [3.05, 3.63) is 0 Å². The van der Waals surface area contributed by atoms with Gasteiger partial charge in [-0.1, -0.05) is 26.7 Å². The summed E-state index contributed by atoms with van der Waals surface area (Å²) in [6.45, 7) is 7.46. The normalized spacial score (nSPS) is 34.1. The highest BCUT2D eigenvalue weighted by atomic mass is 15.2. The van der Waals surface area contributed by atoms with Gasteiger partial charge in [0.2, 0.25) is 0 Å². The van der Waals surface area contributed by atoms with Gasteiger partial charge in [-0.15, -0.1) is 0 Å². The minimum atomic E-state index is 0.678. The van der Waals surface area contributed by atoms with Crippen LogP contribution in [0, 0.1) is 5.41 Å². The van der Waals surface area contributed by atoms with Gasteiger partial charge < -0.3 is 10.2 Å². The van der Waals surface area contributed by atoms with Crippen LogP contribution >= 0.6 is 0 Å². The van der Waals surface area contributed by atoms with E-state index in [2.05, 4.69) is 31.1 Å². The molecule has 17 heavy (non-hydrogen) atoms. The third-order valence-corrected chi connectivity index (χ3v) is 5.69. The van der Waals surface area contributed by atoms with Crippen molar-refractivity contribution in [1.82, 2.24) is 10.2 Å². The first-order valence-corrected chi connectivity index (χ1v) is 7.64. The van der Waals surface area contributed by atoms with Crippen molar-refractivity contribution in [3.63, 3.8) is 0 Å². The van der Waals surface area contributed by atoms with E-state index >= 15 is 0 Å². The van der Waals surface area contributed by atoms with Crippen LogP contribution < -0.4 is 5.32 Å². The molecule has 2 nitrogen and oxygen atoms in total. The third-order valence-electron chi connectivity index (χ3n) is 5.69. The van der Waals surface area contributed by atoms with E-state index in [0.29, 0.717) is 5.41 Å². The summed E-state index contributed by atoms with van der Waals surface area (Å²) in [6, 6.07) is 1.66. The van der Waals surface area contributed by atoms with Gasteiger partial charge in [0.1, 0.15) is 0 Å². The largest absolute Gasteiger partial charge is 0.317 e. The van der Waals surface area contributed by atoms with Gasteiger partial charge in [0.15, 0.2) is 0 Å². The van der Waals surface area contributed by atoms with Gasteiger partial charge in [-0.3, -0.25) is 0 Å². The molecule has 2 fully saturated rings. The van der Waals surface area contributed by atoms with Gasteiger partial charge in [0.25, 0.3) is 0 Å². The van der Waals surface area contributed by atoms with Gasteiger partial charge in [0.05, 0.1) is 0 Å². The Bertz CT molecular complexity index is 225. The van der Waals surface area contributed by atoms with Crippen LogP contribution in [0.1, 0.15) is 58.8 Å². The maximum atomic E-state index is 3.44. The van der Waals surface area contributed by atoms with Crippen LogP contribution in [0.2, 0.25) is 0 Å². The molecule has 100 valence electrons. The quantitative estimate of drug-likeness (QED) is 0.810. The molecule has 1 aliphatic carbocycles. The van der Waals surface area contributed by atoms with Crippen LogP contribution in [0.5, 0.6) is 0 Å². The number of hydrogen-bond acceptors (Lipinski definition) is 2. The van der Waals surface area contributed by atoms with E-state index in [-0.39, 0.29) is 0 Å². The Morgan fingerprint density at radius 3 is 2.24 bits per heavy atom. The minimum absolute atomic E-state index is 0.678. The Morgan fingerprint density at radius 1 is 1.12 bits per heavy atom. The molecule has 0 bridgehead atoms. The fourth-order valence-electron chi connectivity index (χ4n) is 3.87. The van der Waals surface area contributed by atoms with Gasteiger partial charge in [0, 0.05) is 12.1 Å². The molecule has 1 saturated carbocycles. The Hall–Kier alpha value is -0.0800. The lowest BCUT2D eigenvalue weighted by Gasteiger charge is -2.43. The smallest absolute Gasteiger partial charge is 0.0111 e. The zero-order valence-corrected chi connectivity index (χ0v) is 12.0. The van der Waals surface area contributed by atoms with Crippen LogP contribution in [0.15, 0.2) is 0 Å². The first-order chi connectivity index (χ1) is 8.23. The van der Waals surface area contributed by atoms with Gasteiger partial charge >= 0.3 is 0 Å². The molecule has 2 atom stereocenters. The van der Waals surface area contributed by atoms with Gasteiger partial charge in [-0.05, 0) is 57.7 Å². The maximum Gasteiger partial charge on any atom is 0.0111 e. The molecule has 1 saturated heterocycles. The first-order valence-electron chi connectivity index (χ1n) is 7.64. The predicted octanol–water partition coefficient (Wildman–Crippen LogP) is 3.03. The summed E-state index contributed by atoms with van der Waals surface area (Å²) in [5.74, 6) is 0. The van der Waals surface area contributed by atoms with Gasteiger partial charge in [-0.2, -0.15) is 0 Å². The van der Waals surface area contributed by atoms with Crippen molar-refractivity contribution in [2.45, 2.75) is 70.9 Å². The molecule has 0 aromatic heterocycles. The molecule has 2 heteroatoms. The topological polar surface area (TPSA) is 15.3 Å². The molecule has 0 aromatic rings. The van der Waals surface area contributed by atoms with Crippen LogP contribution in [-0.4, -0.2) is 37.1 Å². The number of nitrogens with one attached hydrogen (secondary N) is 1. The molecule has 1 N–H and O–H groups in total. The van der Waals surface area contributed by atoms with Crippen LogP contribution in [0.3, 0.4) is 0 Å². The summed E-state index contributed by atoms with van der Waals surface area (Å²) < 4.78 is 0. The highest BCUT2D eigenvalue weighted by molar-refractivity contribution is 4.91. The molecule has 0 spiro atoms. The number of likely N-dealkylation sites (tertiary alicyclic amines) is 1. The molecule has 2 unspecified atom stereocenters. The Balaban J connectivity index is 1.83. The van der Waals surface area contributed by atoms with E-state index in [1.165, 1.54) is 58.0 Å². The Morgan fingerprint density at radius 2 is 1.76 bits per heavy atom. The number of hydrogen-bond donors (Lipinski definition) is 1. The molecular formula is C15H30N2. The number of piperidine rings is 1. The van der Waals surface area contributed by atoms with Crippen molar-refractivity contribution in [3.8, 4) is 0 Å². The van der Waals surface area contributed by atoms with E-state index in [0.717, 1.165) is 12.1 Å². The zero-order chi connectivity index (χ0) is 12.3. The molecule has 2 rings (SSSR count). The summed E-state index contributed by atoms with van der Waals surface area (Å²) >= 11 is 0. The van der Waals surface area contributed by atoms with Crippen molar-refractivity contribution in [1.29, 1.82) is 0 Å². The van der Waals surface area contributed by atoms with Crippen LogP contribution in [0.25, 0.3) is 0 Å². The lowest BCUT2D eigenvalue weighted by atomic mass is 9.74. The molecule has 1 heterocycles. The SMILES string of the molecule is CCC1(CC)CCN(C2CCC(NC)C2)CC1. The van der Waals surface area contributed by atoms with E-state index in [1.54, 1.807) is 0 Å². The molecule has 1 aliphatic heterocycles. The standard InChI is InChI=1S/C15H30N2/c1-4-15(5-2)8-10-17(11-9-15)14-7-6-13(12-14)16-3/h13-14,16H,4-12H2,1-3H3. The van der Waals surface area contributed by atoms with Gasteiger partial charge in [-0.25, -0.2) is 0 Å². The average molecular weight is 238 g/mol. The number of rotatable bonds is 4. The van der Waals surface area contributed by atoms with Crippen molar-refractivity contribution < 1.29 is 0 Å². The molecule has 0 amide bonds.